The molecule has 0 amide bonds. The van der Waals surface area contributed by atoms with Crippen molar-refractivity contribution >= 4 is 0 Å². The number of H-pyrrole nitrogens is 1. The van der Waals surface area contributed by atoms with Crippen LogP contribution in [0.25, 0.3) is 0 Å². The molecule has 0 spiro atoms. The molecule has 0 saturated carbocycles. The molecule has 0 unspecified atom stereocenters. The van der Waals surface area contributed by atoms with Crippen LogP contribution in [0.15, 0.2) is 43.2 Å². The molecule has 2 rings (SSSR count). The van der Waals surface area contributed by atoms with Gasteiger partial charge in [0.05, 0.1) is 6.33 Å². The van der Waals surface area contributed by atoms with E-state index in [1.165, 1.54) is 0 Å². The van der Waals surface area contributed by atoms with Gasteiger partial charge in [-0.2, -0.15) is 0 Å². The highest BCUT2D eigenvalue weighted by molar-refractivity contribution is 4.84. The minimum Gasteiger partial charge on any atom is -0.368 e. The van der Waals surface area contributed by atoms with Crippen molar-refractivity contribution in [3.8, 4) is 0 Å². The van der Waals surface area contributed by atoms with Crippen LogP contribution in [0.3, 0.4) is 0 Å². The predicted octanol–water partition coefficient (Wildman–Crippen LogP) is 1.43. The van der Waals surface area contributed by atoms with E-state index in [9.17, 15) is 0 Å². The van der Waals surface area contributed by atoms with Crippen molar-refractivity contribution in [1.29, 1.82) is 0 Å². The summed E-state index contributed by atoms with van der Waals surface area (Å²) < 4.78 is 1.89. The SMILES string of the molecule is Cn1ccnc1.c1cc[nH]c1. The van der Waals surface area contributed by atoms with Gasteiger partial charge in [0.15, 0.2) is 0 Å². The van der Waals surface area contributed by atoms with Crippen LogP contribution < -0.4 is 0 Å². The van der Waals surface area contributed by atoms with Crippen LogP contribution in [-0.2, 0) is 7.05 Å². The second-order valence-electron chi connectivity index (χ2n) is 2.11. The van der Waals surface area contributed by atoms with Crippen molar-refractivity contribution in [2.45, 2.75) is 0 Å². The third-order valence-electron chi connectivity index (χ3n) is 1.13. The van der Waals surface area contributed by atoms with E-state index >= 15 is 0 Å². The van der Waals surface area contributed by atoms with Gasteiger partial charge in [0, 0.05) is 31.8 Å². The molecule has 2 aromatic rings. The summed E-state index contributed by atoms with van der Waals surface area (Å²) in [5, 5.41) is 0. The minimum absolute atomic E-state index is 1.75. The highest BCUT2D eigenvalue weighted by Gasteiger charge is 1.69. The summed E-state index contributed by atoms with van der Waals surface area (Å²) in [5.41, 5.74) is 0. The molecule has 0 saturated heterocycles. The number of aromatic nitrogens is 3. The van der Waals surface area contributed by atoms with Crippen LogP contribution in [0.1, 0.15) is 0 Å². The van der Waals surface area contributed by atoms with Crippen molar-refractivity contribution in [1.82, 2.24) is 14.5 Å². The highest BCUT2D eigenvalue weighted by atomic mass is 15.0. The average molecular weight is 149 g/mol. The first-order valence-corrected chi connectivity index (χ1v) is 3.39. The van der Waals surface area contributed by atoms with E-state index in [2.05, 4.69) is 9.97 Å². The lowest BCUT2D eigenvalue weighted by molar-refractivity contribution is 0.913. The van der Waals surface area contributed by atoms with E-state index in [1.807, 2.05) is 42.3 Å². The number of hydrogen-bond acceptors (Lipinski definition) is 1. The molecule has 0 aliphatic heterocycles. The Hall–Kier alpha value is -1.51. The maximum Gasteiger partial charge on any atom is 0.0943 e. The maximum atomic E-state index is 3.78. The molecule has 2 heterocycles. The van der Waals surface area contributed by atoms with Crippen molar-refractivity contribution in [2.75, 3.05) is 0 Å². The summed E-state index contributed by atoms with van der Waals surface area (Å²) in [5.74, 6) is 0. The van der Waals surface area contributed by atoms with E-state index in [0.29, 0.717) is 0 Å². The van der Waals surface area contributed by atoms with Crippen molar-refractivity contribution in [3.05, 3.63) is 43.2 Å². The molecule has 0 radical (unpaired) electrons. The molecule has 0 fully saturated rings. The van der Waals surface area contributed by atoms with E-state index < -0.39 is 0 Å². The molecule has 0 aliphatic carbocycles. The van der Waals surface area contributed by atoms with Gasteiger partial charge in [-0.05, 0) is 12.1 Å². The number of imidazole rings is 1. The predicted molar refractivity (Wildman–Crippen MR) is 44.0 cm³/mol. The zero-order valence-electron chi connectivity index (χ0n) is 6.44. The summed E-state index contributed by atoms with van der Waals surface area (Å²) in [7, 11) is 1.94. The smallest absolute Gasteiger partial charge is 0.0943 e. The Balaban J connectivity index is 0.000000112. The number of nitrogens with zero attached hydrogens (tertiary/aromatic N) is 2. The second kappa shape index (κ2) is 4.33. The van der Waals surface area contributed by atoms with Gasteiger partial charge < -0.3 is 9.55 Å². The Kier molecular flexibility index (Phi) is 2.99. The first-order valence-electron chi connectivity index (χ1n) is 3.39. The lowest BCUT2D eigenvalue weighted by Crippen LogP contribution is -1.76. The van der Waals surface area contributed by atoms with E-state index in [4.69, 9.17) is 0 Å². The van der Waals surface area contributed by atoms with Gasteiger partial charge in [-0.25, -0.2) is 4.98 Å². The van der Waals surface area contributed by atoms with Crippen LogP contribution >= 0.6 is 0 Å². The standard InChI is InChI=1S/C4H6N2.C4H5N/c1-6-3-2-5-4-6;1-2-4-5-3-1/h2-4H,1H3;1-5H. The topological polar surface area (TPSA) is 33.6 Å². The zero-order chi connectivity index (χ0) is 7.94. The normalized spacial score (nSPS) is 8.45. The van der Waals surface area contributed by atoms with Crippen LogP contribution in [0.2, 0.25) is 0 Å². The average Bonchev–Trinajstić information content (AvgIpc) is 2.57. The summed E-state index contributed by atoms with van der Waals surface area (Å²) in [6, 6.07) is 3.89. The molecule has 0 atom stereocenters. The molecular weight excluding hydrogens is 138 g/mol. The molecule has 3 nitrogen and oxygen atoms in total. The number of hydrogen-bond donors (Lipinski definition) is 1. The lowest BCUT2D eigenvalue weighted by Gasteiger charge is -1.76. The fourth-order valence-corrected chi connectivity index (χ4v) is 0.604. The van der Waals surface area contributed by atoms with Crippen LogP contribution in [0.5, 0.6) is 0 Å². The third-order valence-corrected chi connectivity index (χ3v) is 1.13. The fourth-order valence-electron chi connectivity index (χ4n) is 0.604. The zero-order valence-corrected chi connectivity index (χ0v) is 6.44. The molecule has 1 N–H and O–H groups in total. The van der Waals surface area contributed by atoms with Gasteiger partial charge in [-0.3, -0.25) is 0 Å². The van der Waals surface area contributed by atoms with Crippen molar-refractivity contribution < 1.29 is 0 Å². The van der Waals surface area contributed by atoms with Crippen LogP contribution in [-0.4, -0.2) is 14.5 Å². The van der Waals surface area contributed by atoms with E-state index in [-0.39, 0.29) is 0 Å². The van der Waals surface area contributed by atoms with Gasteiger partial charge in [-0.1, -0.05) is 0 Å². The van der Waals surface area contributed by atoms with Gasteiger partial charge in [0.2, 0.25) is 0 Å². The minimum atomic E-state index is 1.75. The van der Waals surface area contributed by atoms with Crippen LogP contribution in [0, 0.1) is 0 Å². The Labute approximate surface area is 65.7 Å². The second-order valence-corrected chi connectivity index (χ2v) is 2.11. The summed E-state index contributed by atoms with van der Waals surface area (Å²) in [6.07, 6.45) is 9.14. The van der Waals surface area contributed by atoms with Gasteiger partial charge in [0.1, 0.15) is 0 Å². The first kappa shape index (κ1) is 7.60. The molecule has 11 heavy (non-hydrogen) atoms. The largest absolute Gasteiger partial charge is 0.368 e. The molecule has 0 aromatic carbocycles. The number of aryl methyl sites for hydroxylation is 1. The summed E-state index contributed by atoms with van der Waals surface area (Å²) in [4.78, 5) is 6.65. The van der Waals surface area contributed by atoms with Crippen LogP contribution in [0.4, 0.5) is 0 Å². The van der Waals surface area contributed by atoms with Gasteiger partial charge in [0.25, 0.3) is 0 Å². The Morgan fingerprint density at radius 3 is 2.18 bits per heavy atom. The Bertz CT molecular complexity index is 227. The van der Waals surface area contributed by atoms with E-state index in [0.717, 1.165) is 0 Å². The quantitative estimate of drug-likeness (QED) is 0.604. The fraction of sp³-hybridized carbons (Fsp3) is 0.125. The van der Waals surface area contributed by atoms with Crippen molar-refractivity contribution in [2.24, 2.45) is 7.05 Å². The van der Waals surface area contributed by atoms with Gasteiger partial charge >= 0.3 is 0 Å². The molecule has 58 valence electrons. The molecule has 0 aliphatic rings. The van der Waals surface area contributed by atoms with E-state index in [1.54, 1.807) is 12.5 Å². The Morgan fingerprint density at radius 1 is 1.27 bits per heavy atom. The van der Waals surface area contributed by atoms with Crippen molar-refractivity contribution in [3.63, 3.8) is 0 Å². The first-order chi connectivity index (χ1) is 5.39. The monoisotopic (exact) mass is 149 g/mol. The summed E-state index contributed by atoms with van der Waals surface area (Å²) in [6.45, 7) is 0. The lowest BCUT2D eigenvalue weighted by atomic mass is 10.7. The number of rotatable bonds is 0. The highest BCUT2D eigenvalue weighted by Crippen LogP contribution is 1.73. The molecule has 0 bridgehead atoms. The summed E-state index contributed by atoms with van der Waals surface area (Å²) >= 11 is 0. The molecule has 3 heteroatoms. The third kappa shape index (κ3) is 3.25. The number of nitrogens with one attached hydrogen (secondary N) is 1. The molecule has 2 aromatic heterocycles. The number of aromatic amines is 1. The molecular formula is C8H11N3. The Morgan fingerprint density at radius 2 is 2.00 bits per heavy atom. The van der Waals surface area contributed by atoms with Gasteiger partial charge in [-0.15, -0.1) is 0 Å². The maximum absolute atomic E-state index is 3.78.